The number of aliphatic hydroxyl groups excluding tert-OH is 1. The molecule has 13 heteroatoms. The second-order valence-electron chi connectivity index (χ2n) is 13.6. The number of para-hydroxylation sites is 1. The molecule has 12 nitrogen and oxygen atoms in total. The zero-order chi connectivity index (χ0) is 33.8. The predicted octanol–water partition coefficient (Wildman–Crippen LogP) is 3.46. The van der Waals surface area contributed by atoms with Crippen LogP contribution in [-0.2, 0) is 22.4 Å². The van der Waals surface area contributed by atoms with E-state index in [0.717, 1.165) is 30.5 Å². The Bertz CT molecular complexity index is 1470. The van der Waals surface area contributed by atoms with Gasteiger partial charge in [-0.1, -0.05) is 35.9 Å². The van der Waals surface area contributed by atoms with E-state index in [1.54, 1.807) is 21.9 Å². The number of ether oxygens (including phenoxy) is 1. The van der Waals surface area contributed by atoms with Crippen LogP contribution in [0.25, 0.3) is 0 Å². The van der Waals surface area contributed by atoms with E-state index in [-0.39, 0.29) is 47.8 Å². The highest BCUT2D eigenvalue weighted by Gasteiger charge is 2.38. The maximum absolute atomic E-state index is 13.9. The number of benzene rings is 2. The molecule has 0 radical (unpaired) electrons. The van der Waals surface area contributed by atoms with Crippen molar-refractivity contribution in [3.63, 3.8) is 0 Å². The van der Waals surface area contributed by atoms with Crippen LogP contribution in [0, 0.1) is 0 Å². The molecule has 1 atom stereocenters. The van der Waals surface area contributed by atoms with Crippen molar-refractivity contribution in [1.82, 2.24) is 19.6 Å². The van der Waals surface area contributed by atoms with Crippen molar-refractivity contribution in [2.45, 2.75) is 75.2 Å². The highest BCUT2D eigenvalue weighted by atomic mass is 35.5. The molecule has 3 fully saturated rings. The monoisotopic (exact) mass is 683 g/mol. The van der Waals surface area contributed by atoms with Gasteiger partial charge in [0.15, 0.2) is 6.10 Å². The fraction of sp³-hybridized carbons (Fsp3) is 0.571. The molecule has 0 aromatic heterocycles. The molecule has 0 saturated carbocycles. The molecule has 48 heavy (non-hydrogen) atoms. The lowest BCUT2D eigenvalue weighted by Gasteiger charge is -2.44. The first kappa shape index (κ1) is 34.3. The molecule has 2 aromatic carbocycles. The maximum atomic E-state index is 13.9. The van der Waals surface area contributed by atoms with Gasteiger partial charge in [-0.2, -0.15) is 0 Å². The van der Waals surface area contributed by atoms with E-state index in [1.165, 1.54) is 6.07 Å². The number of fused-ring (bicyclic) bond motifs is 1. The standard InChI is InChI=1S/C35H46ClN5O7/c36-28-21-24(5-6-30(28)43)22-31(32(44)39-14-8-26(9-15-39)38-19-12-35(47,23-42)13-20-38)48-34(46)40-16-10-27(11-17-40)41-18-7-25-3-1-2-4-29(25)37-33(41)45/h1-6,21,26-27,31,42-43,47H,7-20,22-23H2,(H,37,45)/t31-/m1/s1. The zero-order valence-corrected chi connectivity index (χ0v) is 28.0. The van der Waals surface area contributed by atoms with Crippen molar-refractivity contribution in [2.24, 2.45) is 0 Å². The van der Waals surface area contributed by atoms with Crippen LogP contribution in [0.5, 0.6) is 5.75 Å². The minimum absolute atomic E-state index is 0.0152. The van der Waals surface area contributed by atoms with Crippen molar-refractivity contribution in [3.8, 4) is 5.75 Å². The summed E-state index contributed by atoms with van der Waals surface area (Å²) in [6.45, 7) is 3.60. The Morgan fingerprint density at radius 2 is 1.60 bits per heavy atom. The van der Waals surface area contributed by atoms with Gasteiger partial charge in [-0.25, -0.2) is 9.59 Å². The van der Waals surface area contributed by atoms with Crippen molar-refractivity contribution < 1.29 is 34.4 Å². The predicted molar refractivity (Wildman–Crippen MR) is 180 cm³/mol. The number of aromatic hydroxyl groups is 1. The van der Waals surface area contributed by atoms with Gasteiger partial charge >= 0.3 is 12.1 Å². The summed E-state index contributed by atoms with van der Waals surface area (Å²) in [6, 6.07) is 12.7. The van der Waals surface area contributed by atoms with Crippen LogP contribution in [0.15, 0.2) is 42.5 Å². The minimum Gasteiger partial charge on any atom is -0.506 e. The van der Waals surface area contributed by atoms with Gasteiger partial charge < -0.3 is 45.0 Å². The van der Waals surface area contributed by atoms with E-state index >= 15 is 0 Å². The number of amides is 4. The Hall–Kier alpha value is -3.58. The summed E-state index contributed by atoms with van der Waals surface area (Å²) in [5, 5.41) is 33.0. The number of carbonyl (C=O) groups excluding carboxylic acids is 3. The average molecular weight is 684 g/mol. The number of likely N-dealkylation sites (tertiary alicyclic amines) is 3. The summed E-state index contributed by atoms with van der Waals surface area (Å²) in [4.78, 5) is 48.1. The summed E-state index contributed by atoms with van der Waals surface area (Å²) in [5.74, 6) is -0.336. The molecule has 0 spiro atoms. The Balaban J connectivity index is 1.06. The Labute approximate surface area is 286 Å². The number of nitrogens with one attached hydrogen (secondary N) is 1. The van der Waals surface area contributed by atoms with Gasteiger partial charge in [0.25, 0.3) is 5.91 Å². The van der Waals surface area contributed by atoms with Crippen LogP contribution in [0.1, 0.15) is 49.7 Å². The van der Waals surface area contributed by atoms with Gasteiger partial charge in [0, 0.05) is 70.0 Å². The number of rotatable bonds is 7. The highest BCUT2D eigenvalue weighted by molar-refractivity contribution is 6.32. The highest BCUT2D eigenvalue weighted by Crippen LogP contribution is 2.29. The quantitative estimate of drug-likeness (QED) is 0.347. The summed E-state index contributed by atoms with van der Waals surface area (Å²) in [6.07, 6.45) is 3.00. The van der Waals surface area contributed by atoms with Crippen LogP contribution in [0.2, 0.25) is 5.02 Å². The summed E-state index contributed by atoms with van der Waals surface area (Å²) >= 11 is 6.17. The third-order valence-electron chi connectivity index (χ3n) is 10.6. The second-order valence-corrected chi connectivity index (χ2v) is 14.0. The fourth-order valence-corrected chi connectivity index (χ4v) is 7.69. The van der Waals surface area contributed by atoms with Crippen LogP contribution >= 0.6 is 11.6 Å². The normalized spacial score (nSPS) is 21.6. The SMILES string of the molecule is O=C(O[C@H](Cc1ccc(O)c(Cl)c1)C(=O)N1CCC(N2CCC(O)(CO)CC2)CC1)N1CCC(N2CCc3ccccc3NC2=O)CC1. The molecule has 2 aromatic rings. The summed E-state index contributed by atoms with van der Waals surface area (Å²) in [5.41, 5.74) is 1.59. The van der Waals surface area contributed by atoms with Crippen LogP contribution in [-0.4, -0.2) is 129 Å². The van der Waals surface area contributed by atoms with Gasteiger partial charge in [-0.15, -0.1) is 0 Å². The van der Waals surface area contributed by atoms with Crippen LogP contribution in [0.3, 0.4) is 0 Å². The van der Waals surface area contributed by atoms with Gasteiger partial charge in [-0.05, 0) is 74.3 Å². The summed E-state index contributed by atoms with van der Waals surface area (Å²) in [7, 11) is 0. The molecule has 4 heterocycles. The number of carbonyl (C=O) groups is 3. The molecule has 0 aliphatic carbocycles. The van der Waals surface area contributed by atoms with Crippen molar-refractivity contribution in [1.29, 1.82) is 0 Å². The third-order valence-corrected chi connectivity index (χ3v) is 10.9. The molecule has 4 N–H and O–H groups in total. The van der Waals surface area contributed by atoms with E-state index in [1.807, 2.05) is 29.2 Å². The van der Waals surface area contributed by atoms with Crippen LogP contribution < -0.4 is 5.32 Å². The number of phenolic OH excluding ortho intramolecular Hbond substituents is 1. The van der Waals surface area contributed by atoms with E-state index < -0.39 is 17.8 Å². The van der Waals surface area contributed by atoms with Gasteiger partial charge in [0.1, 0.15) is 5.75 Å². The van der Waals surface area contributed by atoms with Gasteiger partial charge in [0.2, 0.25) is 0 Å². The van der Waals surface area contributed by atoms with Gasteiger partial charge in [-0.3, -0.25) is 4.79 Å². The van der Waals surface area contributed by atoms with E-state index in [0.29, 0.717) is 77.1 Å². The molecule has 4 aliphatic heterocycles. The van der Waals surface area contributed by atoms with Crippen molar-refractivity contribution >= 4 is 35.3 Å². The van der Waals surface area contributed by atoms with E-state index in [9.17, 15) is 29.7 Å². The number of piperidine rings is 3. The first-order valence-electron chi connectivity index (χ1n) is 17.1. The fourth-order valence-electron chi connectivity index (χ4n) is 7.48. The number of halogens is 1. The Morgan fingerprint density at radius 1 is 0.938 bits per heavy atom. The molecule has 260 valence electrons. The molecular weight excluding hydrogens is 638 g/mol. The van der Waals surface area contributed by atoms with Crippen molar-refractivity contribution in [2.75, 3.05) is 57.7 Å². The lowest BCUT2D eigenvalue weighted by atomic mass is 9.90. The minimum atomic E-state index is -1.07. The maximum Gasteiger partial charge on any atom is 0.410 e. The lowest BCUT2D eigenvalue weighted by molar-refractivity contribution is -0.143. The molecule has 4 aliphatic rings. The Morgan fingerprint density at radius 3 is 2.29 bits per heavy atom. The molecule has 0 unspecified atom stereocenters. The molecule has 6 rings (SSSR count). The first-order chi connectivity index (χ1) is 23.1. The van der Waals surface area contributed by atoms with E-state index in [2.05, 4.69) is 10.2 Å². The van der Waals surface area contributed by atoms with Crippen LogP contribution in [0.4, 0.5) is 15.3 Å². The first-order valence-corrected chi connectivity index (χ1v) is 17.4. The number of urea groups is 1. The largest absolute Gasteiger partial charge is 0.506 e. The number of phenols is 1. The number of anilines is 1. The van der Waals surface area contributed by atoms with Crippen molar-refractivity contribution in [3.05, 3.63) is 58.6 Å². The molecule has 4 amide bonds. The zero-order valence-electron chi connectivity index (χ0n) is 27.2. The van der Waals surface area contributed by atoms with Gasteiger partial charge in [0.05, 0.1) is 17.2 Å². The number of aliphatic hydroxyl groups is 2. The number of hydrogen-bond acceptors (Lipinski definition) is 8. The number of nitrogens with zero attached hydrogens (tertiary/aromatic N) is 4. The lowest BCUT2D eigenvalue weighted by Crippen LogP contribution is -2.54. The molecule has 0 bridgehead atoms. The Kier molecular flexibility index (Phi) is 10.6. The molecule has 3 saturated heterocycles. The number of hydrogen-bond donors (Lipinski definition) is 4. The summed E-state index contributed by atoms with van der Waals surface area (Å²) < 4.78 is 5.96. The average Bonchev–Trinajstić information content (AvgIpc) is 3.27. The van der Waals surface area contributed by atoms with E-state index in [4.69, 9.17) is 16.3 Å². The smallest absolute Gasteiger partial charge is 0.410 e. The third kappa shape index (κ3) is 7.83. The molecular formula is C35H46ClN5O7. The second kappa shape index (κ2) is 14.9. The topological polar surface area (TPSA) is 146 Å².